The number of nitrogens with zero attached hydrogens (tertiary/aromatic N) is 1. The molecule has 82 valence electrons. The van der Waals surface area contributed by atoms with Crippen molar-refractivity contribution in [1.29, 1.82) is 0 Å². The summed E-state index contributed by atoms with van der Waals surface area (Å²) in [7, 11) is 0. The van der Waals surface area contributed by atoms with Crippen LogP contribution < -0.4 is 5.43 Å². The van der Waals surface area contributed by atoms with E-state index in [9.17, 15) is 4.79 Å². The first-order valence-corrected chi connectivity index (χ1v) is 5.99. The average Bonchev–Trinajstić information content (AvgIpc) is 2.61. The van der Waals surface area contributed by atoms with Gasteiger partial charge in [0.2, 0.25) is 5.91 Å². The van der Waals surface area contributed by atoms with E-state index in [1.54, 1.807) is 12.3 Å². The second-order valence-electron chi connectivity index (χ2n) is 3.04. The third-order valence-electron chi connectivity index (χ3n) is 1.73. The smallest absolute Gasteiger partial charge is 0.240 e. The van der Waals surface area contributed by atoms with Crippen LogP contribution >= 0.6 is 22.9 Å². The van der Waals surface area contributed by atoms with Gasteiger partial charge in [-0.3, -0.25) is 4.79 Å². The molecule has 0 aliphatic carbocycles. The number of amides is 1. The summed E-state index contributed by atoms with van der Waals surface area (Å²) in [6.07, 6.45) is 4.03. The number of halogens is 1. The quantitative estimate of drug-likeness (QED) is 0.628. The average molecular weight is 245 g/mol. The summed E-state index contributed by atoms with van der Waals surface area (Å²) in [4.78, 5) is 12.1. The zero-order valence-electron chi connectivity index (χ0n) is 8.50. The summed E-state index contributed by atoms with van der Waals surface area (Å²) in [5.41, 5.74) is 2.47. The minimum atomic E-state index is -0.0456. The Labute approximate surface area is 98.1 Å². The fraction of sp³-hybridized carbons (Fsp3) is 0.400. The highest BCUT2D eigenvalue weighted by atomic mass is 35.5. The number of unbranched alkanes of at least 4 members (excludes halogenated alkanes) is 1. The van der Waals surface area contributed by atoms with Crippen molar-refractivity contribution in [2.24, 2.45) is 5.10 Å². The van der Waals surface area contributed by atoms with E-state index >= 15 is 0 Å². The Kier molecular flexibility index (Phi) is 5.36. The molecular formula is C10H13ClN2OS. The van der Waals surface area contributed by atoms with Crippen molar-refractivity contribution in [2.75, 3.05) is 0 Å². The molecule has 0 aromatic carbocycles. The van der Waals surface area contributed by atoms with Crippen LogP contribution in [-0.4, -0.2) is 12.1 Å². The van der Waals surface area contributed by atoms with Gasteiger partial charge in [0.15, 0.2) is 0 Å². The molecule has 5 heteroatoms. The van der Waals surface area contributed by atoms with E-state index in [-0.39, 0.29) is 5.91 Å². The molecular weight excluding hydrogens is 232 g/mol. The van der Waals surface area contributed by atoms with Crippen LogP contribution in [0.2, 0.25) is 4.34 Å². The number of hydrogen-bond donors (Lipinski definition) is 1. The van der Waals surface area contributed by atoms with Crippen molar-refractivity contribution in [2.45, 2.75) is 26.2 Å². The standard InChI is InChI=1S/C10H13ClN2OS/c1-2-3-4-10(14)13-12-7-8-5-6-9(11)15-8/h5-7H,2-4H2,1H3,(H,13,14). The van der Waals surface area contributed by atoms with Gasteiger partial charge < -0.3 is 0 Å². The first-order valence-electron chi connectivity index (χ1n) is 4.79. The number of hydrogen-bond acceptors (Lipinski definition) is 3. The molecule has 0 saturated carbocycles. The zero-order chi connectivity index (χ0) is 11.1. The Morgan fingerprint density at radius 1 is 1.67 bits per heavy atom. The van der Waals surface area contributed by atoms with Gasteiger partial charge in [-0.25, -0.2) is 5.43 Å². The lowest BCUT2D eigenvalue weighted by Crippen LogP contribution is -2.16. The van der Waals surface area contributed by atoms with Crippen molar-refractivity contribution < 1.29 is 4.79 Å². The van der Waals surface area contributed by atoms with Crippen molar-refractivity contribution in [1.82, 2.24) is 5.43 Å². The molecule has 0 aliphatic heterocycles. The molecule has 0 bridgehead atoms. The predicted octanol–water partition coefficient (Wildman–Crippen LogP) is 3.04. The van der Waals surface area contributed by atoms with Crippen LogP contribution in [0, 0.1) is 0 Å². The lowest BCUT2D eigenvalue weighted by atomic mass is 10.2. The topological polar surface area (TPSA) is 41.5 Å². The number of hydrazone groups is 1. The van der Waals surface area contributed by atoms with Gasteiger partial charge in [-0.05, 0) is 18.6 Å². The second kappa shape index (κ2) is 6.58. The third-order valence-corrected chi connectivity index (χ3v) is 2.90. The fourth-order valence-corrected chi connectivity index (χ4v) is 1.89. The molecule has 0 spiro atoms. The molecule has 0 atom stereocenters. The van der Waals surface area contributed by atoms with Gasteiger partial charge in [0, 0.05) is 11.3 Å². The lowest BCUT2D eigenvalue weighted by Gasteiger charge is -1.96. The monoisotopic (exact) mass is 244 g/mol. The van der Waals surface area contributed by atoms with Gasteiger partial charge in [0.1, 0.15) is 0 Å². The van der Waals surface area contributed by atoms with Gasteiger partial charge in [-0.1, -0.05) is 24.9 Å². The van der Waals surface area contributed by atoms with Gasteiger partial charge in [-0.2, -0.15) is 5.10 Å². The van der Waals surface area contributed by atoms with E-state index in [0.29, 0.717) is 10.8 Å². The van der Waals surface area contributed by atoms with Crippen LogP contribution in [0.25, 0.3) is 0 Å². The van der Waals surface area contributed by atoms with E-state index in [0.717, 1.165) is 17.7 Å². The van der Waals surface area contributed by atoms with Gasteiger partial charge >= 0.3 is 0 Å². The van der Waals surface area contributed by atoms with E-state index in [2.05, 4.69) is 10.5 Å². The molecule has 0 unspecified atom stereocenters. The van der Waals surface area contributed by atoms with Crippen LogP contribution in [0.15, 0.2) is 17.2 Å². The highest BCUT2D eigenvalue weighted by Gasteiger charge is 1.97. The highest BCUT2D eigenvalue weighted by Crippen LogP contribution is 2.19. The maximum Gasteiger partial charge on any atom is 0.240 e. The molecule has 1 amide bonds. The maximum absolute atomic E-state index is 11.1. The van der Waals surface area contributed by atoms with Gasteiger partial charge in [0.25, 0.3) is 0 Å². The lowest BCUT2D eigenvalue weighted by molar-refractivity contribution is -0.121. The molecule has 1 heterocycles. The highest BCUT2D eigenvalue weighted by molar-refractivity contribution is 7.17. The number of carbonyl (C=O) groups is 1. The number of rotatable bonds is 5. The van der Waals surface area contributed by atoms with Crippen LogP contribution in [0.3, 0.4) is 0 Å². The van der Waals surface area contributed by atoms with Crippen LogP contribution in [0.1, 0.15) is 31.1 Å². The summed E-state index contributed by atoms with van der Waals surface area (Å²) >= 11 is 7.16. The Morgan fingerprint density at radius 3 is 3.07 bits per heavy atom. The molecule has 0 fully saturated rings. The Hall–Kier alpha value is -0.870. The van der Waals surface area contributed by atoms with E-state index < -0.39 is 0 Å². The first kappa shape index (κ1) is 12.2. The van der Waals surface area contributed by atoms with E-state index in [4.69, 9.17) is 11.6 Å². The molecule has 15 heavy (non-hydrogen) atoms. The van der Waals surface area contributed by atoms with Crippen LogP contribution in [0.4, 0.5) is 0 Å². The second-order valence-corrected chi connectivity index (χ2v) is 4.79. The number of carbonyl (C=O) groups excluding carboxylic acids is 1. The predicted molar refractivity (Wildman–Crippen MR) is 64.6 cm³/mol. The fourth-order valence-electron chi connectivity index (χ4n) is 0.959. The molecule has 0 radical (unpaired) electrons. The Bertz CT molecular complexity index is 349. The maximum atomic E-state index is 11.1. The summed E-state index contributed by atoms with van der Waals surface area (Å²) in [6.45, 7) is 2.05. The van der Waals surface area contributed by atoms with Gasteiger partial charge in [-0.15, -0.1) is 11.3 Å². The van der Waals surface area contributed by atoms with Crippen LogP contribution in [0.5, 0.6) is 0 Å². The minimum Gasteiger partial charge on any atom is -0.273 e. The van der Waals surface area contributed by atoms with Crippen molar-refractivity contribution in [3.63, 3.8) is 0 Å². The van der Waals surface area contributed by atoms with Crippen molar-refractivity contribution in [3.05, 3.63) is 21.3 Å². The van der Waals surface area contributed by atoms with E-state index in [1.165, 1.54) is 11.3 Å². The van der Waals surface area contributed by atoms with Crippen molar-refractivity contribution in [3.8, 4) is 0 Å². The minimum absolute atomic E-state index is 0.0456. The number of nitrogens with one attached hydrogen (secondary N) is 1. The van der Waals surface area contributed by atoms with E-state index in [1.807, 2.05) is 13.0 Å². The Balaban J connectivity index is 2.30. The third kappa shape index (κ3) is 4.95. The summed E-state index contributed by atoms with van der Waals surface area (Å²) in [5, 5.41) is 3.84. The summed E-state index contributed by atoms with van der Waals surface area (Å²) < 4.78 is 0.716. The molecule has 0 saturated heterocycles. The molecule has 1 aromatic heterocycles. The molecule has 1 N–H and O–H groups in total. The zero-order valence-corrected chi connectivity index (χ0v) is 10.1. The largest absolute Gasteiger partial charge is 0.273 e. The normalized spacial score (nSPS) is 10.8. The molecule has 3 nitrogen and oxygen atoms in total. The van der Waals surface area contributed by atoms with Gasteiger partial charge in [0.05, 0.1) is 10.6 Å². The van der Waals surface area contributed by atoms with Crippen LogP contribution in [-0.2, 0) is 4.79 Å². The molecule has 1 aromatic rings. The number of thiophene rings is 1. The summed E-state index contributed by atoms with van der Waals surface area (Å²) in [6, 6.07) is 3.65. The first-order chi connectivity index (χ1) is 7.22. The molecule has 0 aliphatic rings. The summed E-state index contributed by atoms with van der Waals surface area (Å²) in [5.74, 6) is -0.0456. The SMILES string of the molecule is CCCCC(=O)NN=Cc1ccc(Cl)s1. The van der Waals surface area contributed by atoms with Crippen molar-refractivity contribution >= 4 is 35.1 Å². The Morgan fingerprint density at radius 2 is 2.47 bits per heavy atom. The molecule has 1 rings (SSSR count).